The Morgan fingerprint density at radius 1 is 0.382 bits per heavy atom. The van der Waals surface area contributed by atoms with E-state index < -0.39 is 76.2 Å². The third-order valence-electron chi connectivity index (χ3n) is 19.8. The second-order valence-electron chi connectivity index (χ2n) is 30.2. The summed E-state index contributed by atoms with van der Waals surface area (Å²) in [6, 6.07) is 40.5. The van der Waals surface area contributed by atoms with Crippen LogP contribution in [0.2, 0.25) is 0 Å². The molecular weight excluding hydrogens is 1280 g/mol. The van der Waals surface area contributed by atoms with Gasteiger partial charge in [-0.25, -0.2) is 9.59 Å². The minimum absolute atomic E-state index is 0.124. The molecule has 0 aliphatic carbocycles. The first-order chi connectivity index (χ1) is 49.2. The van der Waals surface area contributed by atoms with E-state index in [2.05, 4.69) is 26.0 Å². The fourth-order valence-corrected chi connectivity index (χ4v) is 13.6. The first-order valence-electron chi connectivity index (χ1n) is 38.8. The van der Waals surface area contributed by atoms with Crippen LogP contribution in [0.15, 0.2) is 132 Å². The van der Waals surface area contributed by atoms with Crippen molar-refractivity contribution in [2.24, 2.45) is 46.3 Å². The predicted molar refractivity (Wildman–Crippen MR) is 407 cm³/mol. The molecular formula is C88H124N2O12. The van der Waals surface area contributed by atoms with E-state index in [1.165, 1.54) is 122 Å². The Hall–Kier alpha value is -7.84. The van der Waals surface area contributed by atoms with Crippen LogP contribution in [-0.2, 0) is 47.7 Å². The number of nitriles is 2. The summed E-state index contributed by atoms with van der Waals surface area (Å²) in [5.41, 5.74) is 0.944. The summed E-state index contributed by atoms with van der Waals surface area (Å²) in [6.45, 7) is 13.8. The maximum atomic E-state index is 15.1. The Morgan fingerprint density at radius 3 is 0.980 bits per heavy atom. The Morgan fingerprint density at radius 2 is 0.676 bits per heavy atom. The second-order valence-corrected chi connectivity index (χ2v) is 30.2. The summed E-state index contributed by atoms with van der Waals surface area (Å²) in [5.74, 6) is -12.3. The lowest BCUT2D eigenvalue weighted by molar-refractivity contribution is -0.166. The van der Waals surface area contributed by atoms with Crippen molar-refractivity contribution in [1.29, 1.82) is 10.5 Å². The number of hydrogen-bond acceptors (Lipinski definition) is 12. The van der Waals surface area contributed by atoms with Gasteiger partial charge in [-0.05, 0) is 53.4 Å². The van der Waals surface area contributed by atoms with Gasteiger partial charge in [-0.1, -0.05) is 363 Å². The van der Waals surface area contributed by atoms with Crippen molar-refractivity contribution in [2.45, 2.75) is 261 Å². The zero-order valence-electron chi connectivity index (χ0n) is 63.3. The van der Waals surface area contributed by atoms with Crippen LogP contribution >= 0.6 is 0 Å². The molecule has 6 unspecified atom stereocenters. The highest BCUT2D eigenvalue weighted by atomic mass is 16.6. The molecule has 0 amide bonds. The molecule has 0 bridgehead atoms. The van der Waals surface area contributed by atoms with Gasteiger partial charge in [0.15, 0.2) is 0 Å². The molecule has 6 atom stereocenters. The highest BCUT2D eigenvalue weighted by molar-refractivity contribution is 6.06. The third-order valence-corrected chi connectivity index (χ3v) is 19.8. The maximum absolute atomic E-state index is 15.1. The van der Waals surface area contributed by atoms with Gasteiger partial charge in [-0.3, -0.25) is 19.2 Å². The van der Waals surface area contributed by atoms with Crippen LogP contribution in [0, 0.1) is 69.0 Å². The number of hydrogen-bond donors (Lipinski definition) is 2. The van der Waals surface area contributed by atoms with E-state index in [1.54, 1.807) is 52.0 Å². The summed E-state index contributed by atoms with van der Waals surface area (Å²) in [6.07, 6.45) is 33.3. The van der Waals surface area contributed by atoms with Crippen LogP contribution in [0.25, 0.3) is 11.1 Å². The van der Waals surface area contributed by atoms with Crippen LogP contribution in [0.5, 0.6) is 0 Å². The monoisotopic (exact) mass is 1400 g/mol. The van der Waals surface area contributed by atoms with Gasteiger partial charge in [0.2, 0.25) is 0 Å². The molecule has 0 saturated carbocycles. The van der Waals surface area contributed by atoms with Crippen molar-refractivity contribution in [3.8, 4) is 12.1 Å². The van der Waals surface area contributed by atoms with Crippen molar-refractivity contribution < 1.29 is 57.9 Å². The molecule has 0 aliphatic heterocycles. The van der Waals surface area contributed by atoms with Gasteiger partial charge in [0.05, 0.1) is 36.9 Å². The van der Waals surface area contributed by atoms with Gasteiger partial charge in [-0.15, -0.1) is 0 Å². The Bertz CT molecular complexity index is 3130. The van der Waals surface area contributed by atoms with E-state index in [0.29, 0.717) is 39.8 Å². The van der Waals surface area contributed by atoms with Crippen molar-refractivity contribution in [2.75, 3.05) is 26.4 Å². The largest absolute Gasteiger partial charge is 0.481 e. The number of carbonyl (C=O) groups excluding carboxylic acids is 4. The second kappa shape index (κ2) is 49.7. The number of rotatable bonds is 55. The summed E-state index contributed by atoms with van der Waals surface area (Å²) in [5, 5.41) is 43.6. The quantitative estimate of drug-likeness (QED) is 0.0138. The highest BCUT2D eigenvalue weighted by Gasteiger charge is 2.45. The average molecular weight is 1400 g/mol. The molecule has 4 rings (SSSR count). The average Bonchev–Trinajstić information content (AvgIpc) is 0.828. The smallest absolute Gasteiger partial charge is 0.349 e. The molecule has 558 valence electrons. The van der Waals surface area contributed by atoms with E-state index in [0.717, 1.165) is 64.2 Å². The Balaban J connectivity index is 1.60. The number of esters is 4. The van der Waals surface area contributed by atoms with Gasteiger partial charge in [0.25, 0.3) is 0 Å². The van der Waals surface area contributed by atoms with Gasteiger partial charge in [-0.2, -0.15) is 10.5 Å². The van der Waals surface area contributed by atoms with E-state index in [1.807, 2.05) is 104 Å². The number of ether oxygens (including phenoxy) is 4. The van der Waals surface area contributed by atoms with Crippen molar-refractivity contribution in [1.82, 2.24) is 0 Å². The Labute approximate surface area is 612 Å². The lowest BCUT2D eigenvalue weighted by Crippen LogP contribution is -2.41. The molecule has 0 radical (unpaired) electrons. The minimum Gasteiger partial charge on any atom is -0.481 e. The molecule has 4 aromatic carbocycles. The molecule has 14 nitrogen and oxygen atoms in total. The van der Waals surface area contributed by atoms with Crippen LogP contribution in [0.3, 0.4) is 0 Å². The zero-order valence-corrected chi connectivity index (χ0v) is 63.3. The van der Waals surface area contributed by atoms with Gasteiger partial charge in [0, 0.05) is 22.0 Å². The van der Waals surface area contributed by atoms with Crippen LogP contribution in [0.1, 0.15) is 283 Å². The number of carboxylic acid groups (broad SMARTS) is 2. The standard InChI is InChI=1S/C88H124N2O12/c1-9-11-13-15-17-19-21-23-25-27-29-31-33-39-49-67(3)59-75(84(96)100-64-88(7,8)66-102-86(98)77(62-90)79(71-54-45-37-46-55-71)72-56-47-38-48-57-72)80(82(93)94)73(58-40-34-32-30-28-26-24-22-20-18-16-14-12-10-2)60-74(81(91)92)68(4)83(95)99-63-87(5,6)65-101-85(97)76(61-89)78(69-50-41-35-42-51-69)70-52-43-36-44-53-70/h35-38,41-48,50-57,67-68,73-75,80H,9-34,39-40,49,58-60,63-66H2,1-8H3,(H,91,92)(H,93,94). The number of benzene rings is 4. The molecule has 0 fully saturated rings. The lowest BCUT2D eigenvalue weighted by Gasteiger charge is -2.34. The van der Waals surface area contributed by atoms with Crippen LogP contribution in [-0.4, -0.2) is 72.5 Å². The zero-order chi connectivity index (χ0) is 74.4. The molecule has 102 heavy (non-hydrogen) atoms. The SMILES string of the molecule is CCCCCCCCCCCCCCCCC(C)CC(C(=O)OCC(C)(C)COC(=O)C(C#N)=C(c1ccccc1)c1ccccc1)C(C(=O)O)C(CCCCCCCCCCCCCCCC)CC(C(=O)O)C(C)C(=O)OCC(C)(C)COC(=O)C(C#N)=C(c1ccccc1)c1ccccc1. The molecule has 0 aromatic heterocycles. The molecule has 4 aromatic rings. The molecule has 0 aliphatic rings. The molecule has 0 saturated heterocycles. The molecule has 0 spiro atoms. The Kier molecular flexibility index (Phi) is 42.2. The number of nitrogens with zero attached hydrogens (tertiary/aromatic N) is 2. The first kappa shape index (κ1) is 86.6. The van der Waals surface area contributed by atoms with Gasteiger partial charge >= 0.3 is 35.8 Å². The summed E-state index contributed by atoms with van der Waals surface area (Å²) < 4.78 is 23.7. The van der Waals surface area contributed by atoms with E-state index in [9.17, 15) is 44.7 Å². The van der Waals surface area contributed by atoms with Crippen LogP contribution < -0.4 is 0 Å². The predicted octanol–water partition coefficient (Wildman–Crippen LogP) is 21.7. The fraction of sp³-hybridized carbons (Fsp3) is 0.591. The van der Waals surface area contributed by atoms with Crippen LogP contribution in [0.4, 0.5) is 0 Å². The number of unbranched alkanes of at least 4 members (excludes halogenated alkanes) is 26. The summed E-state index contributed by atoms with van der Waals surface area (Å²) in [7, 11) is 0. The number of carboxylic acids is 2. The third kappa shape index (κ3) is 33.1. The van der Waals surface area contributed by atoms with Crippen molar-refractivity contribution >= 4 is 47.0 Å². The number of carbonyl (C=O) groups is 6. The van der Waals surface area contributed by atoms with Crippen molar-refractivity contribution in [3.05, 3.63) is 155 Å². The summed E-state index contributed by atoms with van der Waals surface area (Å²) in [4.78, 5) is 85.2. The van der Waals surface area contributed by atoms with E-state index >= 15 is 4.79 Å². The van der Waals surface area contributed by atoms with E-state index in [-0.39, 0.29) is 62.8 Å². The minimum atomic E-state index is -1.43. The van der Waals surface area contributed by atoms with E-state index in [4.69, 9.17) is 18.9 Å². The molecule has 14 heteroatoms. The first-order valence-corrected chi connectivity index (χ1v) is 38.8. The normalized spacial score (nSPS) is 13.2. The maximum Gasteiger partial charge on any atom is 0.349 e. The highest BCUT2D eigenvalue weighted by Crippen LogP contribution is 2.40. The lowest BCUT2D eigenvalue weighted by atomic mass is 9.70. The fourth-order valence-electron chi connectivity index (χ4n) is 13.6. The van der Waals surface area contributed by atoms with Crippen molar-refractivity contribution in [3.63, 3.8) is 0 Å². The molecule has 2 N–H and O–H groups in total. The van der Waals surface area contributed by atoms with Gasteiger partial charge < -0.3 is 29.2 Å². The van der Waals surface area contributed by atoms with Gasteiger partial charge in [0.1, 0.15) is 36.5 Å². The topological polar surface area (TPSA) is 227 Å². The number of aliphatic carboxylic acids is 2. The summed E-state index contributed by atoms with van der Waals surface area (Å²) >= 11 is 0. The molecule has 0 heterocycles.